The summed E-state index contributed by atoms with van der Waals surface area (Å²) < 4.78 is 0. The number of amides is 10. The molecule has 8 atom stereocenters. The minimum Gasteiger partial charge on any atom is -0.508 e. The van der Waals surface area contributed by atoms with Crippen LogP contribution in [0.2, 0.25) is 0 Å². The molecule has 0 spiro atoms. The number of aromatic hydroxyl groups is 1. The lowest BCUT2D eigenvalue weighted by Crippen LogP contribution is -2.61. The maximum Gasteiger partial charge on any atom is 0.322 e. The number of likely N-dealkylation sites (tertiary alicyclic amines) is 1. The van der Waals surface area contributed by atoms with Gasteiger partial charge in [0.25, 0.3) is 0 Å². The summed E-state index contributed by atoms with van der Waals surface area (Å²) >= 11 is 0. The Morgan fingerprint density at radius 2 is 1.30 bits per heavy atom. The Hall–Kier alpha value is -6.97. The maximum atomic E-state index is 14.5. The number of rotatable bonds is 19. The quantitative estimate of drug-likeness (QED) is 0.0475. The highest BCUT2D eigenvalue weighted by Crippen LogP contribution is 2.26. The van der Waals surface area contributed by atoms with Gasteiger partial charge in [0.1, 0.15) is 54.6 Å². The highest BCUT2D eigenvalue weighted by Gasteiger charge is 2.40. The largest absolute Gasteiger partial charge is 0.508 e. The Morgan fingerprint density at radius 1 is 0.726 bits per heavy atom. The standard InChI is InChI=1S/C46H64N12O13S2/c47-17-5-4-9-29(40(65)51-22-38(62)63)53-45(70)35-10-6-18-58(35)46(71)34-24-73-72-23-28(48)39(64)54-31(20-26-11-13-27(59)14-12-26)43(68)55-32(19-25-7-2-1-3-8-25)42(67)52-30(15-16-36(49)60)41(66)56-33(21-37(50)61)44(69)57-34/h1-3,7-8,11-14,28-35,59H,4-6,9-10,15-24,47-48H2,(H2,49,60)(H2,50,61)(H,51,65)(H,52,67)(H,53,70)(H,54,64)(H,55,68)(H,56,66)(H,57,69)(H,62,63)/t28-,29+,30-,31-,32+,33+,34+,35-/m1/s1. The molecule has 0 unspecified atom stereocenters. The Bertz CT molecular complexity index is 2300. The number of hydrogen-bond donors (Lipinski definition) is 13. The number of carbonyl (C=O) groups excluding carboxylic acids is 10. The third-order valence-electron chi connectivity index (χ3n) is 11.6. The Morgan fingerprint density at radius 3 is 1.92 bits per heavy atom. The third-order valence-corrected chi connectivity index (χ3v) is 14.1. The number of nitrogens with one attached hydrogen (secondary N) is 7. The first-order valence-electron chi connectivity index (χ1n) is 23.5. The van der Waals surface area contributed by atoms with Gasteiger partial charge >= 0.3 is 5.97 Å². The van der Waals surface area contributed by atoms with Gasteiger partial charge in [0.05, 0.1) is 12.5 Å². The first-order valence-corrected chi connectivity index (χ1v) is 26.0. The van der Waals surface area contributed by atoms with Crippen molar-refractivity contribution in [2.45, 2.75) is 113 Å². The molecule has 73 heavy (non-hydrogen) atoms. The number of nitrogens with zero attached hydrogens (tertiary/aromatic N) is 1. The molecular formula is C46H64N12O13S2. The summed E-state index contributed by atoms with van der Waals surface area (Å²) in [7, 11) is 2.01. The van der Waals surface area contributed by atoms with E-state index in [1.54, 1.807) is 30.3 Å². The van der Waals surface area contributed by atoms with Crippen molar-refractivity contribution in [2.24, 2.45) is 22.9 Å². The Kier molecular flexibility index (Phi) is 23.7. The van der Waals surface area contributed by atoms with E-state index in [9.17, 15) is 57.8 Å². The zero-order chi connectivity index (χ0) is 53.6. The molecule has 2 aliphatic heterocycles. The van der Waals surface area contributed by atoms with Gasteiger partial charge in [0, 0.05) is 37.3 Å². The van der Waals surface area contributed by atoms with E-state index in [1.165, 1.54) is 29.2 Å². The SMILES string of the molecule is NCCCC[C@H](NC(=O)[C@H]1CCCN1C(=O)[C@@H]1CSSC[C@@H](N)C(=O)N[C@H](Cc2ccc(O)cc2)C(=O)N[C@@H](Cc2ccccc2)C(=O)N[C@H](CCC(N)=O)C(=O)N[C@@H](CC(N)=O)C(=O)N1)C(=O)NCC(=O)O. The van der Waals surface area contributed by atoms with Crippen molar-refractivity contribution in [1.82, 2.24) is 42.1 Å². The number of primary amides is 2. The van der Waals surface area contributed by atoms with Gasteiger partial charge in [-0.1, -0.05) is 64.1 Å². The molecule has 4 rings (SSSR count). The summed E-state index contributed by atoms with van der Waals surface area (Å²) in [6, 6.07) is 2.94. The molecule has 0 bridgehead atoms. The van der Waals surface area contributed by atoms with Crippen LogP contribution in [-0.4, -0.2) is 160 Å². The number of hydrogen-bond acceptors (Lipinski definition) is 16. The molecule has 10 amide bonds. The van der Waals surface area contributed by atoms with Crippen molar-refractivity contribution < 1.29 is 63.0 Å². The van der Waals surface area contributed by atoms with E-state index in [2.05, 4.69) is 37.2 Å². The monoisotopic (exact) mass is 1060 g/mol. The molecule has 2 aromatic carbocycles. The molecule has 0 radical (unpaired) electrons. The highest BCUT2D eigenvalue weighted by atomic mass is 33.1. The van der Waals surface area contributed by atoms with Gasteiger partial charge in [-0.05, 0) is 68.3 Å². The van der Waals surface area contributed by atoms with Crippen LogP contribution >= 0.6 is 21.6 Å². The van der Waals surface area contributed by atoms with Crippen LogP contribution in [-0.2, 0) is 65.6 Å². The topological polar surface area (TPSA) is 420 Å². The van der Waals surface area contributed by atoms with Crippen molar-refractivity contribution >= 4 is 86.6 Å². The molecule has 2 fully saturated rings. The van der Waals surface area contributed by atoms with Crippen molar-refractivity contribution in [3.63, 3.8) is 0 Å². The average Bonchev–Trinajstić information content (AvgIpc) is 3.85. The van der Waals surface area contributed by atoms with Crippen LogP contribution in [0.5, 0.6) is 5.75 Å². The van der Waals surface area contributed by atoms with Gasteiger partial charge in [-0.25, -0.2) is 0 Å². The summed E-state index contributed by atoms with van der Waals surface area (Å²) in [4.78, 5) is 149. The van der Waals surface area contributed by atoms with Gasteiger partial charge in [0.15, 0.2) is 0 Å². The first-order chi connectivity index (χ1) is 34.8. The number of benzene rings is 2. The summed E-state index contributed by atoms with van der Waals surface area (Å²) in [6.45, 7) is -0.406. The van der Waals surface area contributed by atoms with Crippen molar-refractivity contribution in [1.29, 1.82) is 0 Å². The van der Waals surface area contributed by atoms with E-state index in [1.807, 2.05) is 0 Å². The molecule has 0 saturated carbocycles. The van der Waals surface area contributed by atoms with Crippen LogP contribution in [0, 0.1) is 0 Å². The van der Waals surface area contributed by atoms with Crippen molar-refractivity contribution in [3.8, 4) is 5.75 Å². The molecule has 17 N–H and O–H groups in total. The van der Waals surface area contributed by atoms with Gasteiger partial charge in [-0.2, -0.15) is 0 Å². The number of nitrogens with two attached hydrogens (primary N) is 4. The van der Waals surface area contributed by atoms with Gasteiger partial charge in [0.2, 0.25) is 59.1 Å². The molecular weight excluding hydrogens is 993 g/mol. The van der Waals surface area contributed by atoms with Gasteiger partial charge in [-0.3, -0.25) is 52.7 Å². The number of carboxylic acids is 1. The normalized spacial score (nSPS) is 23.0. The first kappa shape index (κ1) is 58.6. The minimum atomic E-state index is -1.79. The molecule has 2 saturated heterocycles. The third kappa shape index (κ3) is 19.5. The average molecular weight is 1060 g/mol. The fourth-order valence-corrected chi connectivity index (χ4v) is 10.1. The molecule has 25 nitrogen and oxygen atoms in total. The lowest BCUT2D eigenvalue weighted by molar-refractivity contribution is -0.142. The van der Waals surface area contributed by atoms with Crippen LogP contribution in [0.3, 0.4) is 0 Å². The predicted octanol–water partition coefficient (Wildman–Crippen LogP) is -3.73. The second-order valence-electron chi connectivity index (χ2n) is 17.4. The van der Waals surface area contributed by atoms with E-state index in [-0.39, 0.29) is 56.0 Å². The minimum absolute atomic E-state index is 0.0159. The smallest absolute Gasteiger partial charge is 0.322 e. The molecule has 0 aromatic heterocycles. The van der Waals surface area contributed by atoms with Crippen LogP contribution in [0.25, 0.3) is 0 Å². The zero-order valence-corrected chi connectivity index (χ0v) is 41.5. The number of carbonyl (C=O) groups is 11. The van der Waals surface area contributed by atoms with E-state index in [0.29, 0.717) is 30.4 Å². The highest BCUT2D eigenvalue weighted by molar-refractivity contribution is 8.76. The number of phenolic OH excluding ortho intramolecular Hbond substituents is 1. The summed E-state index contributed by atoms with van der Waals surface area (Å²) in [5, 5.41) is 36.6. The Balaban J connectivity index is 1.71. The molecule has 2 aromatic rings. The number of unbranched alkanes of at least 4 members (excludes halogenated alkanes) is 1. The second-order valence-corrected chi connectivity index (χ2v) is 19.9. The summed E-state index contributed by atoms with van der Waals surface area (Å²) in [5.74, 6) is -10.7. The van der Waals surface area contributed by atoms with E-state index >= 15 is 0 Å². The molecule has 0 aliphatic carbocycles. The lowest BCUT2D eigenvalue weighted by Gasteiger charge is -2.31. The van der Waals surface area contributed by atoms with Crippen LogP contribution in [0.4, 0.5) is 0 Å². The van der Waals surface area contributed by atoms with E-state index in [0.717, 1.165) is 21.6 Å². The van der Waals surface area contributed by atoms with Crippen molar-refractivity contribution in [3.05, 3.63) is 65.7 Å². The van der Waals surface area contributed by atoms with Crippen LogP contribution in [0.1, 0.15) is 62.5 Å². The van der Waals surface area contributed by atoms with E-state index < -0.39 is 139 Å². The number of aliphatic carboxylic acids is 1. The fraction of sp³-hybridized carbons (Fsp3) is 0.500. The summed E-state index contributed by atoms with van der Waals surface area (Å²) in [5.41, 5.74) is 24.0. The second kappa shape index (κ2) is 29.5. The predicted molar refractivity (Wildman–Crippen MR) is 267 cm³/mol. The lowest BCUT2D eigenvalue weighted by atomic mass is 10.0. The van der Waals surface area contributed by atoms with Gasteiger partial charge in [-0.15, -0.1) is 0 Å². The van der Waals surface area contributed by atoms with Crippen LogP contribution < -0.4 is 60.2 Å². The fourth-order valence-electron chi connectivity index (χ4n) is 7.78. The molecule has 398 valence electrons. The number of carboxylic acid groups (broad SMARTS) is 1. The van der Waals surface area contributed by atoms with Gasteiger partial charge < -0.3 is 75.3 Å². The maximum absolute atomic E-state index is 14.5. The molecule has 2 heterocycles. The summed E-state index contributed by atoms with van der Waals surface area (Å²) in [6.07, 6.45) is -0.547. The number of phenols is 1. The van der Waals surface area contributed by atoms with Crippen LogP contribution in [0.15, 0.2) is 54.6 Å². The zero-order valence-electron chi connectivity index (χ0n) is 39.9. The van der Waals surface area contributed by atoms with Crippen molar-refractivity contribution in [2.75, 3.05) is 31.1 Å². The Labute approximate surface area is 428 Å². The van der Waals surface area contributed by atoms with E-state index in [4.69, 9.17) is 28.0 Å². The molecule has 2 aliphatic rings. The molecule has 27 heteroatoms.